The molecule has 0 aliphatic carbocycles. The molecule has 0 fully saturated rings. The van der Waals surface area contributed by atoms with Crippen LogP contribution >= 0.6 is 0 Å². The Morgan fingerprint density at radius 2 is 1.81 bits per heavy atom. The topological polar surface area (TPSA) is 37.4 Å². The van der Waals surface area contributed by atoms with E-state index in [4.69, 9.17) is 0 Å². The fraction of sp³-hybridized carbons (Fsp3) is 0.222. The molecule has 0 saturated carbocycles. The summed E-state index contributed by atoms with van der Waals surface area (Å²) < 4.78 is 0. The third kappa shape index (κ3) is 2.15. The Bertz CT molecular complexity index is 734. The number of carbonyl (C=O) groups excluding carboxylic acids is 2. The van der Waals surface area contributed by atoms with Gasteiger partial charge in [0.15, 0.2) is 0 Å². The standard InChI is InChI=1S/C18H17NO2/c1-3-13-9-6-7-12(2)17(13)19-16(20)11-14-8-4-5-10-15(14)18(19)21/h4-10H,3,11H2,1-2H3. The van der Waals surface area contributed by atoms with Crippen LogP contribution in [-0.4, -0.2) is 11.8 Å². The van der Waals surface area contributed by atoms with Gasteiger partial charge in [0.25, 0.3) is 5.91 Å². The lowest BCUT2D eigenvalue weighted by atomic mass is 9.96. The minimum atomic E-state index is -0.217. The summed E-state index contributed by atoms with van der Waals surface area (Å²) in [6.45, 7) is 3.97. The van der Waals surface area contributed by atoms with Gasteiger partial charge < -0.3 is 0 Å². The fourth-order valence-corrected chi connectivity index (χ4v) is 2.91. The molecule has 3 heteroatoms. The molecular formula is C18H17NO2. The van der Waals surface area contributed by atoms with Crippen LogP contribution in [0.4, 0.5) is 5.69 Å². The van der Waals surface area contributed by atoms with E-state index in [9.17, 15) is 9.59 Å². The molecule has 0 aromatic heterocycles. The van der Waals surface area contributed by atoms with Crippen LogP contribution in [-0.2, 0) is 17.6 Å². The Labute approximate surface area is 124 Å². The maximum atomic E-state index is 12.8. The van der Waals surface area contributed by atoms with E-state index in [1.54, 1.807) is 6.07 Å². The van der Waals surface area contributed by atoms with Crippen molar-refractivity contribution < 1.29 is 9.59 Å². The summed E-state index contributed by atoms with van der Waals surface area (Å²) >= 11 is 0. The third-order valence-electron chi connectivity index (χ3n) is 3.97. The minimum Gasteiger partial charge on any atom is -0.274 e. The first-order valence-electron chi connectivity index (χ1n) is 7.17. The van der Waals surface area contributed by atoms with Gasteiger partial charge in [0.05, 0.1) is 12.1 Å². The van der Waals surface area contributed by atoms with Gasteiger partial charge in [0.2, 0.25) is 5.91 Å². The van der Waals surface area contributed by atoms with Gasteiger partial charge in [-0.1, -0.05) is 43.3 Å². The number of rotatable bonds is 2. The molecule has 2 aromatic carbocycles. The van der Waals surface area contributed by atoms with E-state index in [2.05, 4.69) is 0 Å². The van der Waals surface area contributed by atoms with Crippen molar-refractivity contribution in [1.82, 2.24) is 0 Å². The highest BCUT2D eigenvalue weighted by Gasteiger charge is 2.33. The monoisotopic (exact) mass is 279 g/mol. The molecule has 0 atom stereocenters. The average molecular weight is 279 g/mol. The zero-order chi connectivity index (χ0) is 15.0. The van der Waals surface area contributed by atoms with Crippen molar-refractivity contribution in [2.45, 2.75) is 26.7 Å². The molecule has 0 N–H and O–H groups in total. The molecule has 1 aliphatic heterocycles. The molecule has 0 saturated heterocycles. The molecule has 0 bridgehead atoms. The fourth-order valence-electron chi connectivity index (χ4n) is 2.91. The van der Waals surface area contributed by atoms with Crippen molar-refractivity contribution in [3.05, 3.63) is 64.7 Å². The number of carbonyl (C=O) groups is 2. The van der Waals surface area contributed by atoms with E-state index in [1.807, 2.05) is 50.2 Å². The van der Waals surface area contributed by atoms with E-state index in [0.717, 1.165) is 28.8 Å². The summed E-state index contributed by atoms with van der Waals surface area (Å²) in [5, 5.41) is 0. The second-order valence-electron chi connectivity index (χ2n) is 5.30. The summed E-state index contributed by atoms with van der Waals surface area (Å²) in [4.78, 5) is 26.6. The molecule has 1 heterocycles. The van der Waals surface area contributed by atoms with Crippen molar-refractivity contribution >= 4 is 17.5 Å². The van der Waals surface area contributed by atoms with E-state index in [-0.39, 0.29) is 18.2 Å². The van der Waals surface area contributed by atoms with E-state index in [0.29, 0.717) is 5.56 Å². The van der Waals surface area contributed by atoms with Gasteiger partial charge in [-0.15, -0.1) is 0 Å². The number of aryl methyl sites for hydroxylation is 2. The van der Waals surface area contributed by atoms with Gasteiger partial charge in [0, 0.05) is 5.56 Å². The van der Waals surface area contributed by atoms with Crippen LogP contribution in [0.25, 0.3) is 0 Å². The largest absolute Gasteiger partial charge is 0.274 e. The number of imide groups is 1. The smallest absolute Gasteiger partial charge is 0.265 e. The van der Waals surface area contributed by atoms with Crippen molar-refractivity contribution in [2.24, 2.45) is 0 Å². The molecular weight excluding hydrogens is 262 g/mol. The molecule has 3 rings (SSSR count). The van der Waals surface area contributed by atoms with Crippen molar-refractivity contribution in [3.8, 4) is 0 Å². The highest BCUT2D eigenvalue weighted by atomic mass is 16.2. The molecule has 1 aliphatic rings. The van der Waals surface area contributed by atoms with Crippen molar-refractivity contribution in [2.75, 3.05) is 4.90 Å². The van der Waals surface area contributed by atoms with E-state index >= 15 is 0 Å². The molecule has 0 unspecified atom stereocenters. The van der Waals surface area contributed by atoms with Gasteiger partial charge in [-0.05, 0) is 36.1 Å². The first kappa shape index (κ1) is 13.6. The highest BCUT2D eigenvalue weighted by Crippen LogP contribution is 2.31. The molecule has 0 spiro atoms. The second kappa shape index (κ2) is 5.17. The lowest BCUT2D eigenvalue weighted by Gasteiger charge is -2.29. The van der Waals surface area contributed by atoms with Gasteiger partial charge in [0.1, 0.15) is 0 Å². The highest BCUT2D eigenvalue weighted by molar-refractivity contribution is 6.25. The zero-order valence-corrected chi connectivity index (χ0v) is 12.2. The summed E-state index contributed by atoms with van der Waals surface area (Å²) in [5.74, 6) is -0.367. The number of benzene rings is 2. The summed E-state index contributed by atoms with van der Waals surface area (Å²) in [5.41, 5.74) is 4.17. The lowest BCUT2D eigenvalue weighted by Crippen LogP contribution is -2.43. The molecule has 21 heavy (non-hydrogen) atoms. The van der Waals surface area contributed by atoms with Crippen LogP contribution in [0, 0.1) is 6.92 Å². The van der Waals surface area contributed by atoms with Crippen molar-refractivity contribution in [1.29, 1.82) is 0 Å². The average Bonchev–Trinajstić information content (AvgIpc) is 2.48. The lowest BCUT2D eigenvalue weighted by molar-refractivity contribution is -0.117. The Balaban J connectivity index is 2.17. The van der Waals surface area contributed by atoms with Crippen LogP contribution in [0.1, 0.15) is 34.0 Å². The Morgan fingerprint density at radius 3 is 2.57 bits per heavy atom. The van der Waals surface area contributed by atoms with Crippen LogP contribution in [0.15, 0.2) is 42.5 Å². The summed E-state index contributed by atoms with van der Waals surface area (Å²) in [6, 6.07) is 13.2. The van der Waals surface area contributed by atoms with E-state index in [1.165, 1.54) is 4.90 Å². The Morgan fingerprint density at radius 1 is 1.05 bits per heavy atom. The van der Waals surface area contributed by atoms with Gasteiger partial charge in [-0.3, -0.25) is 9.59 Å². The summed E-state index contributed by atoms with van der Waals surface area (Å²) in [7, 11) is 0. The van der Waals surface area contributed by atoms with Gasteiger partial charge >= 0.3 is 0 Å². The number of hydrogen-bond donors (Lipinski definition) is 0. The molecule has 106 valence electrons. The van der Waals surface area contributed by atoms with E-state index < -0.39 is 0 Å². The maximum absolute atomic E-state index is 12.8. The number of hydrogen-bond acceptors (Lipinski definition) is 2. The van der Waals surface area contributed by atoms with Crippen molar-refractivity contribution in [3.63, 3.8) is 0 Å². The number of nitrogens with zero attached hydrogens (tertiary/aromatic N) is 1. The Hall–Kier alpha value is -2.42. The second-order valence-corrected chi connectivity index (χ2v) is 5.30. The summed E-state index contributed by atoms with van der Waals surface area (Å²) in [6.07, 6.45) is 1.06. The van der Waals surface area contributed by atoms with Gasteiger partial charge in [-0.2, -0.15) is 0 Å². The number of fused-ring (bicyclic) bond motifs is 1. The number of para-hydroxylation sites is 1. The van der Waals surface area contributed by atoms with Gasteiger partial charge in [-0.25, -0.2) is 4.90 Å². The molecule has 0 radical (unpaired) electrons. The first-order chi connectivity index (χ1) is 10.1. The predicted molar refractivity (Wildman–Crippen MR) is 82.5 cm³/mol. The van der Waals surface area contributed by atoms with Crippen LogP contribution < -0.4 is 4.90 Å². The third-order valence-corrected chi connectivity index (χ3v) is 3.97. The molecule has 3 nitrogen and oxygen atoms in total. The molecule has 2 amide bonds. The normalized spacial score (nSPS) is 14.3. The SMILES string of the molecule is CCc1cccc(C)c1N1C(=O)Cc2ccccc2C1=O. The van der Waals surface area contributed by atoms with Crippen LogP contribution in [0.5, 0.6) is 0 Å². The quantitative estimate of drug-likeness (QED) is 0.791. The maximum Gasteiger partial charge on any atom is 0.265 e. The minimum absolute atomic E-state index is 0.150. The molecule has 2 aromatic rings. The Kier molecular flexibility index (Phi) is 3.34. The van der Waals surface area contributed by atoms with Crippen LogP contribution in [0.2, 0.25) is 0 Å². The number of anilines is 1. The zero-order valence-electron chi connectivity index (χ0n) is 12.2. The predicted octanol–water partition coefficient (Wildman–Crippen LogP) is 3.29. The first-order valence-corrected chi connectivity index (χ1v) is 7.17. The van der Waals surface area contributed by atoms with Crippen LogP contribution in [0.3, 0.4) is 0 Å². The number of amides is 2.